The Hall–Kier alpha value is -1.94. The van der Waals surface area contributed by atoms with Crippen molar-refractivity contribution in [1.82, 2.24) is 15.3 Å². The molecule has 0 amide bonds. The molecule has 0 aliphatic rings. The summed E-state index contributed by atoms with van der Waals surface area (Å²) < 4.78 is 0. The van der Waals surface area contributed by atoms with Crippen molar-refractivity contribution in [3.8, 4) is 0 Å². The molecule has 0 saturated carbocycles. The minimum atomic E-state index is 0.254. The van der Waals surface area contributed by atoms with Gasteiger partial charge in [-0.15, -0.1) is 0 Å². The average molecular weight is 326 g/mol. The molecule has 0 saturated heterocycles. The molecule has 1 aromatic heterocycles. The van der Waals surface area contributed by atoms with Gasteiger partial charge in [0.25, 0.3) is 0 Å². The van der Waals surface area contributed by atoms with Gasteiger partial charge in [-0.05, 0) is 30.4 Å². The van der Waals surface area contributed by atoms with Crippen LogP contribution in [-0.4, -0.2) is 24.1 Å². The van der Waals surface area contributed by atoms with E-state index < -0.39 is 0 Å². The summed E-state index contributed by atoms with van der Waals surface area (Å²) in [6.07, 6.45) is 1.07. The lowest BCUT2D eigenvalue weighted by atomic mass is 9.85. The molecular weight excluding hydrogens is 296 g/mol. The van der Waals surface area contributed by atoms with Crippen LogP contribution in [0.4, 0.5) is 5.95 Å². The molecule has 0 spiro atoms. The smallest absolute Gasteiger partial charge is 0.225 e. The normalized spacial score (nSPS) is 12.9. The first-order chi connectivity index (χ1) is 11.2. The van der Waals surface area contributed by atoms with Gasteiger partial charge in [0.1, 0.15) is 0 Å². The topological polar surface area (TPSA) is 41.1 Å². The first-order valence-corrected chi connectivity index (χ1v) is 8.55. The maximum atomic E-state index is 4.65. The van der Waals surface area contributed by atoms with Gasteiger partial charge in [-0.1, -0.05) is 51.1 Å². The van der Waals surface area contributed by atoms with E-state index in [1.807, 2.05) is 25.9 Å². The molecule has 0 fully saturated rings. The van der Waals surface area contributed by atoms with E-state index in [-0.39, 0.29) is 5.41 Å². The summed E-state index contributed by atoms with van der Waals surface area (Å²) in [6.45, 7) is 9.60. The van der Waals surface area contributed by atoms with Crippen molar-refractivity contribution in [2.24, 2.45) is 5.41 Å². The molecule has 0 aliphatic carbocycles. The van der Waals surface area contributed by atoms with Crippen molar-refractivity contribution in [2.45, 2.75) is 46.7 Å². The van der Waals surface area contributed by atoms with Crippen LogP contribution in [0.2, 0.25) is 0 Å². The Morgan fingerprint density at radius 2 is 1.75 bits per heavy atom. The van der Waals surface area contributed by atoms with Gasteiger partial charge in [0, 0.05) is 32.4 Å². The first kappa shape index (κ1) is 18.4. The summed E-state index contributed by atoms with van der Waals surface area (Å²) in [5, 5.41) is 3.69. The summed E-state index contributed by atoms with van der Waals surface area (Å²) in [6, 6.07) is 13.0. The van der Waals surface area contributed by atoms with Crippen LogP contribution in [0.25, 0.3) is 0 Å². The Morgan fingerprint density at radius 1 is 1.08 bits per heavy atom. The van der Waals surface area contributed by atoms with E-state index in [0.29, 0.717) is 6.04 Å². The Labute approximate surface area is 146 Å². The predicted molar refractivity (Wildman–Crippen MR) is 101 cm³/mol. The van der Waals surface area contributed by atoms with Crippen LogP contribution in [0.3, 0.4) is 0 Å². The molecule has 4 heteroatoms. The molecule has 1 heterocycles. The monoisotopic (exact) mass is 326 g/mol. The summed E-state index contributed by atoms with van der Waals surface area (Å²) >= 11 is 0. The number of nitrogens with one attached hydrogen (secondary N) is 1. The summed E-state index contributed by atoms with van der Waals surface area (Å²) in [5.41, 5.74) is 3.61. The van der Waals surface area contributed by atoms with Crippen molar-refractivity contribution in [3.63, 3.8) is 0 Å². The third kappa shape index (κ3) is 5.60. The van der Waals surface area contributed by atoms with Crippen LogP contribution in [0.1, 0.15) is 50.2 Å². The van der Waals surface area contributed by atoms with Gasteiger partial charge in [0.2, 0.25) is 5.95 Å². The van der Waals surface area contributed by atoms with Gasteiger partial charge in [-0.2, -0.15) is 0 Å². The van der Waals surface area contributed by atoms with Gasteiger partial charge < -0.3 is 10.2 Å². The van der Waals surface area contributed by atoms with Gasteiger partial charge >= 0.3 is 0 Å². The molecular formula is C20H30N4. The molecule has 1 atom stereocenters. The minimum Gasteiger partial charge on any atom is -0.347 e. The molecule has 0 aliphatic heterocycles. The zero-order chi connectivity index (χ0) is 17.7. The molecule has 2 rings (SSSR count). The zero-order valence-corrected chi connectivity index (χ0v) is 15.8. The van der Waals surface area contributed by atoms with Crippen LogP contribution in [0.5, 0.6) is 0 Å². The highest BCUT2D eigenvalue weighted by Gasteiger charge is 2.20. The van der Waals surface area contributed by atoms with Crippen LogP contribution in [0.15, 0.2) is 36.4 Å². The number of rotatable bonds is 6. The van der Waals surface area contributed by atoms with Crippen molar-refractivity contribution >= 4 is 5.95 Å². The molecule has 0 unspecified atom stereocenters. The van der Waals surface area contributed by atoms with Gasteiger partial charge in [-0.25, -0.2) is 9.97 Å². The fourth-order valence-electron chi connectivity index (χ4n) is 2.74. The third-order valence-corrected chi connectivity index (χ3v) is 3.84. The number of anilines is 1. The van der Waals surface area contributed by atoms with E-state index in [0.717, 1.165) is 30.3 Å². The molecule has 24 heavy (non-hydrogen) atoms. The lowest BCUT2D eigenvalue weighted by Gasteiger charge is -2.27. The summed E-state index contributed by atoms with van der Waals surface area (Å²) in [4.78, 5) is 11.1. The predicted octanol–water partition coefficient (Wildman–Crippen LogP) is 4.12. The maximum Gasteiger partial charge on any atom is 0.225 e. The fraction of sp³-hybridized carbons (Fsp3) is 0.500. The standard InChI is InChI=1S/C20H30N4/c1-15-12-17(23-19(22-15)24(5)6)14-21-18(13-20(2,3)4)16-10-8-7-9-11-16/h7-12,18,21H,13-14H2,1-6H3/t18-/m1/s1. The molecule has 0 bridgehead atoms. The van der Waals surface area contributed by atoms with Crippen LogP contribution in [-0.2, 0) is 6.54 Å². The van der Waals surface area contributed by atoms with Gasteiger partial charge in [-0.3, -0.25) is 0 Å². The molecule has 0 radical (unpaired) electrons. The van der Waals surface area contributed by atoms with E-state index >= 15 is 0 Å². The number of hydrogen-bond donors (Lipinski definition) is 1. The highest BCUT2D eigenvalue weighted by molar-refractivity contribution is 5.30. The Kier molecular flexibility index (Phi) is 5.94. The molecule has 1 N–H and O–H groups in total. The lowest BCUT2D eigenvalue weighted by Crippen LogP contribution is -2.26. The Morgan fingerprint density at radius 3 is 2.33 bits per heavy atom. The van der Waals surface area contributed by atoms with Crippen LogP contribution >= 0.6 is 0 Å². The zero-order valence-electron chi connectivity index (χ0n) is 15.8. The first-order valence-electron chi connectivity index (χ1n) is 8.55. The van der Waals surface area contributed by atoms with Crippen molar-refractivity contribution < 1.29 is 0 Å². The second kappa shape index (κ2) is 7.75. The number of aryl methyl sites for hydroxylation is 1. The van der Waals surface area contributed by atoms with E-state index in [1.165, 1.54) is 5.56 Å². The second-order valence-electron chi connectivity index (χ2n) is 7.80. The fourth-order valence-corrected chi connectivity index (χ4v) is 2.74. The summed E-state index contributed by atoms with van der Waals surface area (Å²) in [7, 11) is 3.94. The van der Waals surface area contributed by atoms with E-state index in [4.69, 9.17) is 0 Å². The Balaban J connectivity index is 2.16. The highest BCUT2D eigenvalue weighted by atomic mass is 15.2. The largest absolute Gasteiger partial charge is 0.347 e. The quantitative estimate of drug-likeness (QED) is 0.867. The second-order valence-corrected chi connectivity index (χ2v) is 7.80. The molecule has 1 aromatic carbocycles. The summed E-state index contributed by atoms with van der Waals surface area (Å²) in [5.74, 6) is 0.763. The Bertz CT molecular complexity index is 644. The van der Waals surface area contributed by atoms with Crippen molar-refractivity contribution in [3.05, 3.63) is 53.3 Å². The molecule has 4 nitrogen and oxygen atoms in total. The number of benzene rings is 1. The SMILES string of the molecule is Cc1cc(CN[C@H](CC(C)(C)C)c2ccccc2)nc(N(C)C)n1. The van der Waals surface area contributed by atoms with Crippen LogP contribution in [0, 0.1) is 12.3 Å². The number of aromatic nitrogens is 2. The highest BCUT2D eigenvalue weighted by Crippen LogP contribution is 2.29. The van der Waals surface area contributed by atoms with Crippen molar-refractivity contribution in [1.29, 1.82) is 0 Å². The molecule has 2 aromatic rings. The van der Waals surface area contributed by atoms with E-state index in [1.54, 1.807) is 0 Å². The van der Waals surface area contributed by atoms with E-state index in [9.17, 15) is 0 Å². The minimum absolute atomic E-state index is 0.254. The van der Waals surface area contributed by atoms with Gasteiger partial charge in [0.15, 0.2) is 0 Å². The van der Waals surface area contributed by atoms with Crippen molar-refractivity contribution in [2.75, 3.05) is 19.0 Å². The average Bonchev–Trinajstić information content (AvgIpc) is 2.50. The number of nitrogens with zero attached hydrogens (tertiary/aromatic N) is 3. The van der Waals surface area contributed by atoms with E-state index in [2.05, 4.69) is 72.5 Å². The number of hydrogen-bond acceptors (Lipinski definition) is 4. The molecule has 130 valence electrons. The maximum absolute atomic E-state index is 4.65. The van der Waals surface area contributed by atoms with Crippen LogP contribution < -0.4 is 10.2 Å². The lowest BCUT2D eigenvalue weighted by molar-refractivity contribution is 0.309. The van der Waals surface area contributed by atoms with Gasteiger partial charge in [0.05, 0.1) is 5.69 Å². The third-order valence-electron chi connectivity index (χ3n) is 3.84.